The Hall–Kier alpha value is -1.51. The van der Waals surface area contributed by atoms with Crippen molar-refractivity contribution in [1.82, 2.24) is 9.97 Å². The van der Waals surface area contributed by atoms with Gasteiger partial charge < -0.3 is 9.88 Å². The minimum absolute atomic E-state index is 0.249. The number of hydrogen-bond donors (Lipinski definition) is 1. The van der Waals surface area contributed by atoms with Gasteiger partial charge in [-0.3, -0.25) is 4.98 Å². The van der Waals surface area contributed by atoms with Gasteiger partial charge in [0.25, 0.3) is 0 Å². The van der Waals surface area contributed by atoms with Crippen LogP contribution in [0.3, 0.4) is 0 Å². The molecule has 3 heteroatoms. The van der Waals surface area contributed by atoms with Gasteiger partial charge in [-0.1, -0.05) is 20.8 Å². The second-order valence-electron chi connectivity index (χ2n) is 6.46. The molecule has 3 heterocycles. The summed E-state index contributed by atoms with van der Waals surface area (Å²) in [5.41, 5.74) is 3.70. The molecule has 0 bridgehead atoms. The zero-order valence-corrected chi connectivity index (χ0v) is 12.0. The van der Waals surface area contributed by atoms with Gasteiger partial charge in [0.15, 0.2) is 0 Å². The number of anilines is 1. The molecule has 3 rings (SSSR count). The lowest BCUT2D eigenvalue weighted by Gasteiger charge is -2.44. The van der Waals surface area contributed by atoms with Crippen molar-refractivity contribution in [3.63, 3.8) is 0 Å². The smallest absolute Gasteiger partial charge is 0.111 e. The summed E-state index contributed by atoms with van der Waals surface area (Å²) in [5.74, 6) is 0. The standard InChI is InChI=1S/C16H22N3/c1-16(2,3)14-8-4-5-10-19(14)13-11-18-12-7-6-9-17-15(12)13/h6-9,11,14,18H,4-5,10H2,1-3H3. The fourth-order valence-corrected chi connectivity index (χ4v) is 3.05. The van der Waals surface area contributed by atoms with E-state index in [2.05, 4.69) is 54.3 Å². The Morgan fingerprint density at radius 3 is 3.00 bits per heavy atom. The van der Waals surface area contributed by atoms with E-state index in [0.717, 1.165) is 17.6 Å². The molecule has 1 radical (unpaired) electrons. The normalized spacial score (nSPS) is 21.0. The number of nitrogens with zero attached hydrogens (tertiary/aromatic N) is 2. The van der Waals surface area contributed by atoms with Gasteiger partial charge in [-0.05, 0) is 36.8 Å². The molecule has 2 aromatic heterocycles. The number of hydrogen-bond acceptors (Lipinski definition) is 2. The first kappa shape index (κ1) is 12.5. The number of nitrogens with one attached hydrogen (secondary N) is 1. The topological polar surface area (TPSA) is 31.9 Å². The van der Waals surface area contributed by atoms with Gasteiger partial charge in [0.2, 0.25) is 0 Å². The molecule has 0 amide bonds. The van der Waals surface area contributed by atoms with Gasteiger partial charge in [0, 0.05) is 25.0 Å². The van der Waals surface area contributed by atoms with E-state index in [-0.39, 0.29) is 5.41 Å². The van der Waals surface area contributed by atoms with Crippen molar-refractivity contribution in [1.29, 1.82) is 0 Å². The molecular weight excluding hydrogens is 234 g/mol. The Labute approximate surface area is 115 Å². The van der Waals surface area contributed by atoms with E-state index in [9.17, 15) is 0 Å². The van der Waals surface area contributed by atoms with Crippen LogP contribution in [0.25, 0.3) is 11.0 Å². The van der Waals surface area contributed by atoms with E-state index in [1.54, 1.807) is 0 Å². The lowest BCUT2D eigenvalue weighted by atomic mass is 9.80. The summed E-state index contributed by atoms with van der Waals surface area (Å²) in [4.78, 5) is 10.4. The fourth-order valence-electron chi connectivity index (χ4n) is 3.05. The lowest BCUT2D eigenvalue weighted by Crippen LogP contribution is -2.47. The van der Waals surface area contributed by atoms with Crippen LogP contribution in [0, 0.1) is 11.8 Å². The van der Waals surface area contributed by atoms with Crippen molar-refractivity contribution in [3.8, 4) is 0 Å². The molecule has 1 atom stereocenters. The van der Waals surface area contributed by atoms with E-state index in [1.807, 2.05) is 12.3 Å². The Balaban J connectivity index is 2.03. The summed E-state index contributed by atoms with van der Waals surface area (Å²) in [6.07, 6.45) is 8.89. The summed E-state index contributed by atoms with van der Waals surface area (Å²) in [6, 6.07) is 4.54. The molecule has 1 aliphatic heterocycles. The number of piperidine rings is 1. The maximum absolute atomic E-state index is 4.55. The van der Waals surface area contributed by atoms with E-state index in [0.29, 0.717) is 6.04 Å². The van der Waals surface area contributed by atoms with Crippen molar-refractivity contribution in [3.05, 3.63) is 30.9 Å². The maximum Gasteiger partial charge on any atom is 0.111 e. The first-order chi connectivity index (χ1) is 9.07. The van der Waals surface area contributed by atoms with Crippen molar-refractivity contribution in [2.45, 2.75) is 39.7 Å². The van der Waals surface area contributed by atoms with Crippen LogP contribution in [0.15, 0.2) is 24.5 Å². The minimum Gasteiger partial charge on any atom is -0.365 e. The third-order valence-electron chi connectivity index (χ3n) is 3.94. The van der Waals surface area contributed by atoms with Crippen LogP contribution in [0.4, 0.5) is 5.69 Å². The lowest BCUT2D eigenvalue weighted by molar-refractivity contribution is 0.309. The van der Waals surface area contributed by atoms with Gasteiger partial charge in [-0.25, -0.2) is 0 Å². The molecule has 0 saturated carbocycles. The zero-order valence-electron chi connectivity index (χ0n) is 12.0. The second-order valence-corrected chi connectivity index (χ2v) is 6.46. The molecule has 2 aromatic rings. The average molecular weight is 256 g/mol. The molecule has 0 aromatic carbocycles. The quantitative estimate of drug-likeness (QED) is 0.842. The number of H-pyrrole nitrogens is 1. The first-order valence-electron chi connectivity index (χ1n) is 7.09. The van der Waals surface area contributed by atoms with Crippen LogP contribution in [0.2, 0.25) is 0 Å². The number of aromatic nitrogens is 2. The van der Waals surface area contributed by atoms with Gasteiger partial charge in [-0.15, -0.1) is 0 Å². The van der Waals surface area contributed by atoms with Crippen LogP contribution < -0.4 is 4.90 Å². The summed E-state index contributed by atoms with van der Waals surface area (Å²) < 4.78 is 0. The maximum atomic E-state index is 4.55. The molecule has 0 aliphatic carbocycles. The van der Waals surface area contributed by atoms with E-state index < -0.39 is 0 Å². The second kappa shape index (κ2) is 4.55. The molecule has 3 nitrogen and oxygen atoms in total. The molecule has 19 heavy (non-hydrogen) atoms. The van der Waals surface area contributed by atoms with Crippen LogP contribution in [0.5, 0.6) is 0 Å². The summed E-state index contributed by atoms with van der Waals surface area (Å²) >= 11 is 0. The van der Waals surface area contributed by atoms with E-state index in [4.69, 9.17) is 0 Å². The van der Waals surface area contributed by atoms with Gasteiger partial charge in [0.05, 0.1) is 11.2 Å². The summed E-state index contributed by atoms with van der Waals surface area (Å²) in [6.45, 7) is 8.06. The predicted octanol–water partition coefficient (Wildman–Crippen LogP) is 3.78. The zero-order chi connectivity index (χ0) is 13.5. The van der Waals surface area contributed by atoms with Crippen LogP contribution in [0.1, 0.15) is 33.6 Å². The highest BCUT2D eigenvalue weighted by molar-refractivity contribution is 5.89. The average Bonchev–Trinajstić information content (AvgIpc) is 2.81. The molecule has 1 fully saturated rings. The molecule has 0 spiro atoms. The van der Waals surface area contributed by atoms with E-state index in [1.165, 1.54) is 18.5 Å². The highest BCUT2D eigenvalue weighted by Gasteiger charge is 2.33. The van der Waals surface area contributed by atoms with E-state index >= 15 is 0 Å². The Kier molecular flexibility index (Phi) is 3.00. The summed E-state index contributed by atoms with van der Waals surface area (Å²) in [7, 11) is 0. The van der Waals surface area contributed by atoms with Crippen molar-refractivity contribution in [2.75, 3.05) is 11.4 Å². The molecule has 1 unspecified atom stereocenters. The predicted molar refractivity (Wildman–Crippen MR) is 80.2 cm³/mol. The summed E-state index contributed by atoms with van der Waals surface area (Å²) in [5, 5.41) is 0. The Morgan fingerprint density at radius 1 is 1.37 bits per heavy atom. The third-order valence-corrected chi connectivity index (χ3v) is 3.94. The molecule has 1 saturated heterocycles. The number of pyridine rings is 1. The van der Waals surface area contributed by atoms with Crippen LogP contribution in [-0.2, 0) is 0 Å². The number of rotatable bonds is 1. The van der Waals surface area contributed by atoms with Crippen molar-refractivity contribution < 1.29 is 0 Å². The van der Waals surface area contributed by atoms with Crippen molar-refractivity contribution >= 4 is 16.7 Å². The molecular formula is C16H22N3. The van der Waals surface area contributed by atoms with Gasteiger partial charge >= 0.3 is 0 Å². The highest BCUT2D eigenvalue weighted by atomic mass is 15.2. The molecule has 1 N–H and O–H groups in total. The highest BCUT2D eigenvalue weighted by Crippen LogP contribution is 2.36. The van der Waals surface area contributed by atoms with Crippen molar-refractivity contribution in [2.24, 2.45) is 5.41 Å². The molecule has 1 aliphatic rings. The van der Waals surface area contributed by atoms with Gasteiger partial charge in [0.1, 0.15) is 5.52 Å². The Morgan fingerprint density at radius 2 is 2.21 bits per heavy atom. The number of aromatic amines is 1. The SMILES string of the molecule is CC(C)(C)C1[CH]CCCN1c1c[nH]c2cccnc12. The van der Waals surface area contributed by atoms with Gasteiger partial charge in [-0.2, -0.15) is 0 Å². The number of fused-ring (bicyclic) bond motifs is 1. The largest absolute Gasteiger partial charge is 0.365 e. The Bertz CT molecular complexity index is 565. The molecule has 101 valence electrons. The fraction of sp³-hybridized carbons (Fsp3) is 0.500. The van der Waals surface area contributed by atoms with Crippen LogP contribution in [-0.4, -0.2) is 22.6 Å². The first-order valence-corrected chi connectivity index (χ1v) is 7.09. The minimum atomic E-state index is 0.249. The monoisotopic (exact) mass is 256 g/mol. The van der Waals surface area contributed by atoms with Crippen LogP contribution >= 0.6 is 0 Å². The third kappa shape index (κ3) is 2.22.